The number of hydrogen-bond acceptors (Lipinski definition) is 5. The number of alkyl halides is 2. The number of phenols is 1. The number of nitriles is 1. The van der Waals surface area contributed by atoms with Crippen molar-refractivity contribution < 1.29 is 18.6 Å². The molecule has 1 N–H and O–H groups in total. The normalized spacial score (nSPS) is 25.8. The van der Waals surface area contributed by atoms with Crippen molar-refractivity contribution in [2.45, 2.75) is 43.8 Å². The number of ether oxygens (including phenoxy) is 1. The molecule has 1 aromatic carbocycles. The highest BCUT2D eigenvalue weighted by Crippen LogP contribution is 2.55. The minimum atomic E-state index is -3.04. The molecule has 4 heterocycles. The number of rotatable bonds is 3. The number of phenolic OH excluding ortho intramolecular Hbond substituents is 1. The van der Waals surface area contributed by atoms with Crippen molar-refractivity contribution in [3.05, 3.63) is 41.6 Å². The van der Waals surface area contributed by atoms with E-state index in [0.717, 1.165) is 18.4 Å². The summed E-state index contributed by atoms with van der Waals surface area (Å²) in [6.45, 7) is 2.90. The van der Waals surface area contributed by atoms with E-state index >= 15 is 0 Å². The molecule has 3 aromatic rings. The number of benzene rings is 1. The van der Waals surface area contributed by atoms with Gasteiger partial charge in [0.2, 0.25) is 0 Å². The van der Waals surface area contributed by atoms with Crippen molar-refractivity contribution in [1.82, 2.24) is 14.8 Å². The van der Waals surface area contributed by atoms with Crippen LogP contribution in [0, 0.1) is 18.3 Å². The Morgan fingerprint density at radius 1 is 1.31 bits per heavy atom. The zero-order valence-corrected chi connectivity index (χ0v) is 15.9. The Kier molecular flexibility index (Phi) is 3.42. The maximum Gasteiger partial charge on any atom is 0.270 e. The van der Waals surface area contributed by atoms with E-state index in [1.165, 1.54) is 6.07 Å². The van der Waals surface area contributed by atoms with E-state index in [-0.39, 0.29) is 16.9 Å². The predicted octanol–water partition coefficient (Wildman–Crippen LogP) is 4.01. The third-order valence-electron chi connectivity index (χ3n) is 5.98. The van der Waals surface area contributed by atoms with Crippen LogP contribution >= 0.6 is 0 Å². The second-order valence-electron chi connectivity index (χ2n) is 8.23. The molecule has 29 heavy (non-hydrogen) atoms. The molecular weight excluding hydrogens is 378 g/mol. The number of aryl methyl sites for hydroxylation is 1. The van der Waals surface area contributed by atoms with Crippen molar-refractivity contribution in [3.63, 3.8) is 0 Å². The van der Waals surface area contributed by atoms with Crippen LogP contribution in [0.2, 0.25) is 0 Å². The van der Waals surface area contributed by atoms with Gasteiger partial charge in [-0.1, -0.05) is 0 Å². The van der Waals surface area contributed by atoms with E-state index in [1.807, 2.05) is 16.9 Å². The SMILES string of the molecule is Cc1cc(C(C)(F)F)cc(O)c1-c1ccc2cn(C34COC(C#N)(C3)C4)nc2n1. The van der Waals surface area contributed by atoms with Gasteiger partial charge in [0.05, 0.1) is 23.9 Å². The van der Waals surface area contributed by atoms with Crippen LogP contribution in [0.15, 0.2) is 30.5 Å². The van der Waals surface area contributed by atoms with Gasteiger partial charge in [-0.05, 0) is 36.8 Å². The van der Waals surface area contributed by atoms with Crippen LogP contribution < -0.4 is 0 Å². The summed E-state index contributed by atoms with van der Waals surface area (Å²) in [4.78, 5) is 4.55. The van der Waals surface area contributed by atoms with Crippen LogP contribution in [-0.4, -0.2) is 32.1 Å². The average Bonchev–Trinajstić information content (AvgIpc) is 3.31. The van der Waals surface area contributed by atoms with Gasteiger partial charge in [-0.2, -0.15) is 10.4 Å². The minimum absolute atomic E-state index is 0.242. The molecule has 0 amide bonds. The van der Waals surface area contributed by atoms with Gasteiger partial charge in [0.25, 0.3) is 5.92 Å². The van der Waals surface area contributed by atoms with Crippen LogP contribution in [0.25, 0.3) is 22.3 Å². The van der Waals surface area contributed by atoms with E-state index in [9.17, 15) is 19.1 Å². The van der Waals surface area contributed by atoms with Gasteiger partial charge in [0, 0.05) is 42.5 Å². The molecule has 6 nitrogen and oxygen atoms in total. The number of hydrogen-bond donors (Lipinski definition) is 1. The lowest BCUT2D eigenvalue weighted by atomic mass is 9.69. The number of fused-ring (bicyclic) bond motifs is 2. The fourth-order valence-electron chi connectivity index (χ4n) is 4.47. The number of nitrogens with zero attached hydrogens (tertiary/aromatic N) is 4. The summed E-state index contributed by atoms with van der Waals surface area (Å²) in [7, 11) is 0. The second kappa shape index (κ2) is 5.51. The molecule has 148 valence electrons. The molecule has 0 atom stereocenters. The fraction of sp³-hybridized carbons (Fsp3) is 0.381. The van der Waals surface area contributed by atoms with E-state index in [2.05, 4.69) is 16.2 Å². The predicted molar refractivity (Wildman–Crippen MR) is 100 cm³/mol. The Labute approximate surface area is 165 Å². The molecule has 0 unspecified atom stereocenters. The maximum atomic E-state index is 13.6. The molecule has 3 fully saturated rings. The topological polar surface area (TPSA) is 84.0 Å². The monoisotopic (exact) mass is 396 g/mol. The lowest BCUT2D eigenvalue weighted by Crippen LogP contribution is -2.50. The number of aromatic nitrogens is 3. The Morgan fingerprint density at radius 2 is 2.07 bits per heavy atom. The highest BCUT2D eigenvalue weighted by molar-refractivity contribution is 5.80. The van der Waals surface area contributed by atoms with Crippen molar-refractivity contribution in [2.24, 2.45) is 0 Å². The van der Waals surface area contributed by atoms with Crippen LogP contribution in [0.5, 0.6) is 5.75 Å². The fourth-order valence-corrected chi connectivity index (χ4v) is 4.47. The number of pyridine rings is 1. The summed E-state index contributed by atoms with van der Waals surface area (Å²) in [5, 5.41) is 25.1. The molecule has 2 saturated heterocycles. The minimum Gasteiger partial charge on any atom is -0.507 e. The van der Waals surface area contributed by atoms with Crippen molar-refractivity contribution in [1.29, 1.82) is 5.26 Å². The summed E-state index contributed by atoms with van der Waals surface area (Å²) in [6, 6.07) is 8.26. The number of aromatic hydroxyl groups is 1. The largest absolute Gasteiger partial charge is 0.507 e. The first kappa shape index (κ1) is 18.0. The second-order valence-corrected chi connectivity index (χ2v) is 8.23. The molecule has 2 aromatic heterocycles. The Hall–Kier alpha value is -3.05. The number of halogens is 2. The molecule has 3 aliphatic rings. The smallest absolute Gasteiger partial charge is 0.270 e. The van der Waals surface area contributed by atoms with Crippen molar-refractivity contribution in [2.75, 3.05) is 6.61 Å². The third kappa shape index (κ3) is 2.54. The van der Waals surface area contributed by atoms with Crippen LogP contribution in [0.1, 0.15) is 30.9 Å². The first-order chi connectivity index (χ1) is 13.6. The van der Waals surface area contributed by atoms with E-state index in [0.29, 0.717) is 41.9 Å². The molecule has 1 saturated carbocycles. The van der Waals surface area contributed by atoms with Crippen LogP contribution in [0.3, 0.4) is 0 Å². The van der Waals surface area contributed by atoms with Crippen molar-refractivity contribution >= 4 is 11.0 Å². The van der Waals surface area contributed by atoms with Crippen LogP contribution in [0.4, 0.5) is 8.78 Å². The standard InChI is InChI=1S/C21H18F2N4O2/c1-12-5-14(19(2,22)23)6-16(28)17(12)15-4-3-13-7-27(26-18(13)25-15)20-8-21(9-20,10-24)29-11-20/h3-7,28H,8-9,11H2,1-2H3. The molecule has 1 aliphatic carbocycles. The van der Waals surface area contributed by atoms with E-state index in [4.69, 9.17) is 4.74 Å². The zero-order valence-electron chi connectivity index (χ0n) is 15.9. The molecular formula is C21H18F2N4O2. The third-order valence-corrected chi connectivity index (χ3v) is 5.98. The summed E-state index contributed by atoms with van der Waals surface area (Å²) < 4.78 is 34.7. The molecule has 2 aliphatic heterocycles. The van der Waals surface area contributed by atoms with Gasteiger partial charge in [0.15, 0.2) is 11.2 Å². The summed E-state index contributed by atoms with van der Waals surface area (Å²) in [6.07, 6.45) is 3.09. The Bertz CT molecular complexity index is 1180. The van der Waals surface area contributed by atoms with E-state index in [1.54, 1.807) is 13.0 Å². The highest BCUT2D eigenvalue weighted by atomic mass is 19.3. The van der Waals surface area contributed by atoms with Gasteiger partial charge in [-0.3, -0.25) is 4.68 Å². The summed E-state index contributed by atoms with van der Waals surface area (Å²) >= 11 is 0. The molecule has 0 radical (unpaired) electrons. The van der Waals surface area contributed by atoms with E-state index < -0.39 is 11.5 Å². The lowest BCUT2D eigenvalue weighted by molar-refractivity contribution is 0.0172. The summed E-state index contributed by atoms with van der Waals surface area (Å²) in [5.41, 5.74) is 0.613. The molecule has 0 spiro atoms. The van der Waals surface area contributed by atoms with Gasteiger partial charge in [-0.15, -0.1) is 0 Å². The average molecular weight is 396 g/mol. The summed E-state index contributed by atoms with van der Waals surface area (Å²) in [5.74, 6) is -3.28. The highest BCUT2D eigenvalue weighted by Gasteiger charge is 2.65. The molecule has 8 heteroatoms. The van der Waals surface area contributed by atoms with Crippen molar-refractivity contribution in [3.8, 4) is 23.1 Å². The van der Waals surface area contributed by atoms with Gasteiger partial charge in [0.1, 0.15) is 5.75 Å². The van der Waals surface area contributed by atoms with Gasteiger partial charge < -0.3 is 9.84 Å². The lowest BCUT2D eigenvalue weighted by Gasteiger charge is -2.39. The molecule has 2 bridgehead atoms. The van der Waals surface area contributed by atoms with Crippen LogP contribution in [-0.2, 0) is 16.2 Å². The quantitative estimate of drug-likeness (QED) is 0.723. The first-order valence-electron chi connectivity index (χ1n) is 9.29. The Balaban J connectivity index is 1.55. The van der Waals surface area contributed by atoms with Gasteiger partial charge >= 0.3 is 0 Å². The molecule has 6 rings (SSSR count). The maximum absolute atomic E-state index is 13.6. The first-order valence-corrected chi connectivity index (χ1v) is 9.29. The Morgan fingerprint density at radius 3 is 2.69 bits per heavy atom. The zero-order chi connectivity index (χ0) is 20.6. The van der Waals surface area contributed by atoms with Gasteiger partial charge in [-0.25, -0.2) is 13.8 Å².